The fourth-order valence-electron chi connectivity index (χ4n) is 1.25. The number of nitrogens with zero attached hydrogens (tertiary/aromatic N) is 1. The van der Waals surface area contributed by atoms with E-state index < -0.39 is 0 Å². The van der Waals surface area contributed by atoms with Gasteiger partial charge in [-0.1, -0.05) is 18.2 Å². The van der Waals surface area contributed by atoms with Gasteiger partial charge in [-0.25, -0.2) is 4.98 Å². The third-order valence-corrected chi connectivity index (χ3v) is 2.83. The van der Waals surface area contributed by atoms with E-state index in [4.69, 9.17) is 10.5 Å². The predicted octanol–water partition coefficient (Wildman–Crippen LogP) is 2.61. The fraction of sp³-hybridized carbons (Fsp3) is 0.182. The van der Waals surface area contributed by atoms with Gasteiger partial charge in [0.25, 0.3) is 0 Å². The van der Waals surface area contributed by atoms with Crippen LogP contribution in [0.5, 0.6) is 5.75 Å². The molecule has 15 heavy (non-hydrogen) atoms. The fourth-order valence-corrected chi connectivity index (χ4v) is 1.79. The molecule has 3 nitrogen and oxygen atoms in total. The molecule has 0 saturated heterocycles. The number of aryl methyl sites for hydroxylation is 1. The van der Waals surface area contributed by atoms with Crippen LogP contribution in [-0.2, 0) is 6.61 Å². The van der Waals surface area contributed by atoms with Crippen LogP contribution in [0, 0.1) is 6.92 Å². The summed E-state index contributed by atoms with van der Waals surface area (Å²) in [5.74, 6) is 0.880. The van der Waals surface area contributed by atoms with Gasteiger partial charge in [0.15, 0.2) is 0 Å². The number of nitrogen functional groups attached to an aromatic ring is 1. The maximum Gasteiger partial charge on any atom is 0.133 e. The Labute approximate surface area is 92.5 Å². The van der Waals surface area contributed by atoms with Crippen LogP contribution in [0.15, 0.2) is 29.8 Å². The van der Waals surface area contributed by atoms with Gasteiger partial charge in [-0.15, -0.1) is 11.3 Å². The number of benzene rings is 1. The van der Waals surface area contributed by atoms with Crippen molar-refractivity contribution < 1.29 is 4.74 Å². The summed E-state index contributed by atoms with van der Waals surface area (Å²) in [7, 11) is 0. The molecule has 2 aromatic rings. The molecule has 0 saturated carbocycles. The van der Waals surface area contributed by atoms with E-state index in [9.17, 15) is 0 Å². The smallest absolute Gasteiger partial charge is 0.133 e. The molecule has 0 aliphatic rings. The third kappa shape index (κ3) is 2.27. The molecule has 2 rings (SSSR count). The minimum atomic E-state index is 0.431. The number of ether oxygens (including phenoxy) is 1. The zero-order valence-corrected chi connectivity index (χ0v) is 9.25. The SMILES string of the molecule is Cc1ccccc1OCc1ncsc1N. The van der Waals surface area contributed by atoms with E-state index in [1.165, 1.54) is 11.3 Å². The van der Waals surface area contributed by atoms with Gasteiger partial charge in [0, 0.05) is 0 Å². The lowest BCUT2D eigenvalue weighted by Crippen LogP contribution is -1.99. The van der Waals surface area contributed by atoms with Crippen molar-refractivity contribution in [2.24, 2.45) is 0 Å². The van der Waals surface area contributed by atoms with Crippen molar-refractivity contribution in [3.8, 4) is 5.75 Å². The molecule has 0 spiro atoms. The van der Waals surface area contributed by atoms with E-state index >= 15 is 0 Å². The van der Waals surface area contributed by atoms with Crippen molar-refractivity contribution >= 4 is 16.3 Å². The van der Waals surface area contributed by atoms with Crippen LogP contribution >= 0.6 is 11.3 Å². The molecule has 0 bridgehead atoms. The van der Waals surface area contributed by atoms with Crippen molar-refractivity contribution in [2.75, 3.05) is 5.73 Å². The highest BCUT2D eigenvalue weighted by atomic mass is 32.1. The Balaban J connectivity index is 2.06. The van der Waals surface area contributed by atoms with E-state index in [1.807, 2.05) is 31.2 Å². The first-order valence-electron chi connectivity index (χ1n) is 4.63. The lowest BCUT2D eigenvalue weighted by molar-refractivity contribution is 0.301. The molecular weight excluding hydrogens is 208 g/mol. The van der Waals surface area contributed by atoms with E-state index in [2.05, 4.69) is 4.98 Å². The number of rotatable bonds is 3. The van der Waals surface area contributed by atoms with Crippen molar-refractivity contribution in [2.45, 2.75) is 13.5 Å². The maximum absolute atomic E-state index is 5.72. The average Bonchev–Trinajstić information content (AvgIpc) is 2.63. The van der Waals surface area contributed by atoms with Crippen LogP contribution in [0.2, 0.25) is 0 Å². The average molecular weight is 220 g/mol. The van der Waals surface area contributed by atoms with Crippen molar-refractivity contribution in [1.29, 1.82) is 0 Å². The van der Waals surface area contributed by atoms with E-state index in [-0.39, 0.29) is 0 Å². The largest absolute Gasteiger partial charge is 0.487 e. The van der Waals surface area contributed by atoms with Gasteiger partial charge in [0.1, 0.15) is 23.1 Å². The highest BCUT2D eigenvalue weighted by Crippen LogP contribution is 2.20. The number of thiazole rings is 1. The summed E-state index contributed by atoms with van der Waals surface area (Å²) < 4.78 is 5.63. The summed E-state index contributed by atoms with van der Waals surface area (Å²) in [6.07, 6.45) is 0. The molecule has 0 radical (unpaired) electrons. The molecule has 0 aliphatic heterocycles. The van der Waals surface area contributed by atoms with Crippen LogP contribution in [0.1, 0.15) is 11.3 Å². The Morgan fingerprint density at radius 3 is 2.87 bits per heavy atom. The molecule has 78 valence electrons. The van der Waals surface area contributed by atoms with E-state index in [1.54, 1.807) is 5.51 Å². The number of nitrogens with two attached hydrogens (primary N) is 1. The summed E-state index contributed by atoms with van der Waals surface area (Å²) in [4.78, 5) is 4.13. The van der Waals surface area contributed by atoms with Crippen molar-refractivity contribution in [3.05, 3.63) is 41.0 Å². The van der Waals surface area contributed by atoms with Crippen molar-refractivity contribution in [1.82, 2.24) is 4.98 Å². The van der Waals surface area contributed by atoms with E-state index in [0.29, 0.717) is 6.61 Å². The van der Waals surface area contributed by atoms with Crippen molar-refractivity contribution in [3.63, 3.8) is 0 Å². The van der Waals surface area contributed by atoms with Gasteiger partial charge in [0.2, 0.25) is 0 Å². The van der Waals surface area contributed by atoms with Crippen LogP contribution in [0.4, 0.5) is 5.00 Å². The Kier molecular flexibility index (Phi) is 2.87. The molecule has 2 N–H and O–H groups in total. The number of aromatic nitrogens is 1. The third-order valence-electron chi connectivity index (χ3n) is 2.13. The Hall–Kier alpha value is -1.55. The molecule has 0 atom stereocenters. The topological polar surface area (TPSA) is 48.1 Å². The second-order valence-corrected chi connectivity index (χ2v) is 4.10. The molecule has 4 heteroatoms. The van der Waals surface area contributed by atoms with Crippen LogP contribution in [0.3, 0.4) is 0 Å². The molecule has 0 unspecified atom stereocenters. The lowest BCUT2D eigenvalue weighted by Gasteiger charge is -2.07. The standard InChI is InChI=1S/C11H12N2OS/c1-8-4-2-3-5-10(8)14-6-9-11(12)15-7-13-9/h2-5,7H,6,12H2,1H3. The number of para-hydroxylation sites is 1. The first kappa shape index (κ1) is 9.98. The Morgan fingerprint density at radius 1 is 1.40 bits per heavy atom. The number of anilines is 1. The maximum atomic E-state index is 5.72. The summed E-state index contributed by atoms with van der Waals surface area (Å²) >= 11 is 1.43. The molecule has 1 heterocycles. The molecule has 1 aromatic heterocycles. The van der Waals surface area contributed by atoms with Crippen LogP contribution in [-0.4, -0.2) is 4.98 Å². The molecule has 0 amide bonds. The van der Waals surface area contributed by atoms with Gasteiger partial charge >= 0.3 is 0 Å². The van der Waals surface area contributed by atoms with Crippen LogP contribution in [0.25, 0.3) is 0 Å². The summed E-state index contributed by atoms with van der Waals surface area (Å²) in [5.41, 5.74) is 9.37. The van der Waals surface area contributed by atoms with E-state index in [0.717, 1.165) is 22.0 Å². The van der Waals surface area contributed by atoms with Gasteiger partial charge in [0.05, 0.1) is 5.51 Å². The summed E-state index contributed by atoms with van der Waals surface area (Å²) in [5, 5.41) is 0.726. The molecular formula is C11H12N2OS. The van der Waals surface area contributed by atoms with Gasteiger partial charge in [-0.2, -0.15) is 0 Å². The van der Waals surface area contributed by atoms with Gasteiger partial charge in [-0.3, -0.25) is 0 Å². The monoisotopic (exact) mass is 220 g/mol. The summed E-state index contributed by atoms with van der Waals surface area (Å²) in [6, 6.07) is 7.89. The van der Waals surface area contributed by atoms with Gasteiger partial charge < -0.3 is 10.5 Å². The lowest BCUT2D eigenvalue weighted by atomic mass is 10.2. The number of hydrogen-bond acceptors (Lipinski definition) is 4. The van der Waals surface area contributed by atoms with Gasteiger partial charge in [-0.05, 0) is 18.6 Å². The highest BCUT2D eigenvalue weighted by Gasteiger charge is 2.04. The zero-order chi connectivity index (χ0) is 10.7. The Bertz CT molecular complexity index is 453. The minimum absolute atomic E-state index is 0.431. The zero-order valence-electron chi connectivity index (χ0n) is 8.43. The first-order chi connectivity index (χ1) is 7.27. The highest BCUT2D eigenvalue weighted by molar-refractivity contribution is 7.13. The second-order valence-electron chi connectivity index (χ2n) is 3.22. The summed E-state index contributed by atoms with van der Waals surface area (Å²) in [6.45, 7) is 2.44. The normalized spacial score (nSPS) is 10.2. The number of hydrogen-bond donors (Lipinski definition) is 1. The molecule has 0 fully saturated rings. The molecule has 0 aliphatic carbocycles. The minimum Gasteiger partial charge on any atom is -0.487 e. The quantitative estimate of drug-likeness (QED) is 0.865. The Morgan fingerprint density at radius 2 is 2.20 bits per heavy atom. The second kappa shape index (κ2) is 4.31. The van der Waals surface area contributed by atoms with Crippen LogP contribution < -0.4 is 10.5 Å². The first-order valence-corrected chi connectivity index (χ1v) is 5.51. The molecule has 1 aromatic carbocycles. The predicted molar refractivity (Wildman–Crippen MR) is 62.0 cm³/mol.